The largest absolute Gasteiger partial charge is 0.497 e. The van der Waals surface area contributed by atoms with Crippen molar-refractivity contribution in [1.29, 1.82) is 5.26 Å². The molecule has 4 aromatic rings. The number of carbonyl (C=O) groups excluding carboxylic acids is 1. The van der Waals surface area contributed by atoms with E-state index in [1.54, 1.807) is 62.8 Å². The zero-order chi connectivity index (χ0) is 29.5. The Bertz CT molecular complexity index is 1640. The van der Waals surface area contributed by atoms with Gasteiger partial charge in [0.25, 0.3) is 0 Å². The second kappa shape index (κ2) is 12.7. The maximum absolute atomic E-state index is 12.5. The van der Waals surface area contributed by atoms with Gasteiger partial charge in [-0.1, -0.05) is 42.5 Å². The first-order valence-electron chi connectivity index (χ1n) is 13.0. The van der Waals surface area contributed by atoms with Crippen molar-refractivity contribution in [3.63, 3.8) is 0 Å². The van der Waals surface area contributed by atoms with Crippen molar-refractivity contribution in [3.05, 3.63) is 119 Å². The molecule has 1 atom stereocenters. The van der Waals surface area contributed by atoms with Crippen LogP contribution in [-0.2, 0) is 11.4 Å². The number of carbonyl (C=O) groups is 1. The molecule has 1 heterocycles. The predicted molar refractivity (Wildman–Crippen MR) is 154 cm³/mol. The summed E-state index contributed by atoms with van der Waals surface area (Å²) in [7, 11) is 3.12. The number of rotatable bonds is 10. The number of nitrogens with two attached hydrogens (primary N) is 1. The van der Waals surface area contributed by atoms with Crippen LogP contribution < -0.4 is 34.2 Å². The predicted octanol–water partition coefficient (Wildman–Crippen LogP) is 5.49. The van der Waals surface area contributed by atoms with Crippen molar-refractivity contribution < 1.29 is 33.2 Å². The molecule has 1 aliphatic rings. The van der Waals surface area contributed by atoms with Gasteiger partial charge in [0, 0.05) is 11.6 Å². The lowest BCUT2D eigenvalue weighted by Crippen LogP contribution is -2.21. The Labute approximate surface area is 243 Å². The highest BCUT2D eigenvalue weighted by molar-refractivity contribution is 5.74. The molecule has 9 nitrogen and oxygen atoms in total. The fourth-order valence-corrected chi connectivity index (χ4v) is 4.54. The van der Waals surface area contributed by atoms with Crippen molar-refractivity contribution in [2.24, 2.45) is 5.73 Å². The van der Waals surface area contributed by atoms with Crippen LogP contribution in [0.3, 0.4) is 0 Å². The quantitative estimate of drug-likeness (QED) is 0.197. The van der Waals surface area contributed by atoms with E-state index < -0.39 is 11.9 Å². The Morgan fingerprint density at radius 2 is 1.60 bits per heavy atom. The summed E-state index contributed by atoms with van der Waals surface area (Å²) in [6, 6.07) is 29.2. The van der Waals surface area contributed by atoms with Gasteiger partial charge in [-0.15, -0.1) is 0 Å². The van der Waals surface area contributed by atoms with Gasteiger partial charge in [-0.05, 0) is 53.6 Å². The van der Waals surface area contributed by atoms with Crippen molar-refractivity contribution >= 4 is 5.97 Å². The monoisotopic (exact) mass is 564 g/mol. The van der Waals surface area contributed by atoms with Crippen LogP contribution in [0.2, 0.25) is 0 Å². The Morgan fingerprint density at radius 3 is 2.31 bits per heavy atom. The van der Waals surface area contributed by atoms with Gasteiger partial charge in [0.05, 0.1) is 20.1 Å². The third-order valence-corrected chi connectivity index (χ3v) is 6.60. The molecule has 4 aromatic carbocycles. The minimum Gasteiger partial charge on any atom is -0.497 e. The topological polar surface area (TPSA) is 122 Å². The molecular formula is C33H28N2O7. The first-order chi connectivity index (χ1) is 20.5. The molecule has 0 spiro atoms. The van der Waals surface area contributed by atoms with Gasteiger partial charge < -0.3 is 34.2 Å². The molecule has 2 N–H and O–H groups in total. The van der Waals surface area contributed by atoms with E-state index in [1.165, 1.54) is 0 Å². The van der Waals surface area contributed by atoms with E-state index in [0.29, 0.717) is 40.9 Å². The number of allylic oxidation sites excluding steroid dienone is 1. The minimum atomic E-state index is -0.602. The van der Waals surface area contributed by atoms with Crippen molar-refractivity contribution in [2.75, 3.05) is 20.8 Å². The summed E-state index contributed by atoms with van der Waals surface area (Å²) in [5.41, 5.74) is 8.87. The van der Waals surface area contributed by atoms with Gasteiger partial charge in [0.1, 0.15) is 41.2 Å². The maximum atomic E-state index is 12.5. The Kier molecular flexibility index (Phi) is 8.45. The molecule has 0 aromatic heterocycles. The van der Waals surface area contributed by atoms with E-state index in [4.69, 9.17) is 34.2 Å². The lowest BCUT2D eigenvalue weighted by Gasteiger charge is -2.27. The molecule has 0 radical (unpaired) electrons. The van der Waals surface area contributed by atoms with Crippen LogP contribution in [0, 0.1) is 11.3 Å². The minimum absolute atomic E-state index is 0.0373. The SMILES string of the molecule is COc1ccc(OCC(=O)Oc2ccc3c(c2)OC(N)=C(C#N)C3c2ccc(OCc3ccccc3)c(OC)c2)cc1. The third kappa shape index (κ3) is 6.24. The molecular weight excluding hydrogens is 536 g/mol. The fraction of sp³-hybridized carbons (Fsp3) is 0.152. The van der Waals surface area contributed by atoms with Gasteiger partial charge in [-0.3, -0.25) is 0 Å². The highest BCUT2D eigenvalue weighted by Gasteiger charge is 2.32. The molecule has 0 aliphatic carbocycles. The number of hydrogen-bond donors (Lipinski definition) is 1. The highest BCUT2D eigenvalue weighted by Crippen LogP contribution is 2.45. The third-order valence-electron chi connectivity index (χ3n) is 6.60. The molecule has 0 saturated carbocycles. The van der Waals surface area contributed by atoms with E-state index in [9.17, 15) is 10.1 Å². The van der Waals surface area contributed by atoms with Gasteiger partial charge in [-0.2, -0.15) is 5.26 Å². The molecule has 0 amide bonds. The van der Waals surface area contributed by atoms with E-state index >= 15 is 0 Å². The Morgan fingerprint density at radius 1 is 0.857 bits per heavy atom. The van der Waals surface area contributed by atoms with Crippen LogP contribution in [0.1, 0.15) is 22.6 Å². The van der Waals surface area contributed by atoms with Crippen molar-refractivity contribution in [2.45, 2.75) is 12.5 Å². The second-order valence-electron chi connectivity index (χ2n) is 9.25. The molecule has 0 saturated heterocycles. The number of benzene rings is 4. The van der Waals surface area contributed by atoms with Crippen LogP contribution in [0.4, 0.5) is 0 Å². The summed E-state index contributed by atoms with van der Waals surface area (Å²) < 4.78 is 33.5. The summed E-state index contributed by atoms with van der Waals surface area (Å²) in [6.45, 7) is 0.0750. The number of hydrogen-bond acceptors (Lipinski definition) is 9. The molecule has 5 rings (SSSR count). The van der Waals surface area contributed by atoms with E-state index in [-0.39, 0.29) is 23.8 Å². The summed E-state index contributed by atoms with van der Waals surface area (Å²) in [5.74, 6) is 1.67. The summed E-state index contributed by atoms with van der Waals surface area (Å²) in [6.07, 6.45) is 0. The maximum Gasteiger partial charge on any atom is 0.349 e. The zero-order valence-corrected chi connectivity index (χ0v) is 23.0. The van der Waals surface area contributed by atoms with Crippen LogP contribution in [0.15, 0.2) is 102 Å². The van der Waals surface area contributed by atoms with E-state index in [0.717, 1.165) is 11.1 Å². The average molecular weight is 565 g/mol. The van der Waals surface area contributed by atoms with Gasteiger partial charge in [0.15, 0.2) is 18.1 Å². The molecule has 42 heavy (non-hydrogen) atoms. The lowest BCUT2D eigenvalue weighted by atomic mass is 9.83. The second-order valence-corrected chi connectivity index (χ2v) is 9.25. The summed E-state index contributed by atoms with van der Waals surface area (Å²) in [4.78, 5) is 12.5. The first-order valence-corrected chi connectivity index (χ1v) is 13.0. The number of ether oxygens (including phenoxy) is 6. The number of nitriles is 1. The van der Waals surface area contributed by atoms with Crippen molar-refractivity contribution in [1.82, 2.24) is 0 Å². The smallest absolute Gasteiger partial charge is 0.349 e. The van der Waals surface area contributed by atoms with Crippen LogP contribution in [-0.4, -0.2) is 26.8 Å². The first kappa shape index (κ1) is 27.9. The number of methoxy groups -OCH3 is 2. The molecule has 0 fully saturated rings. The lowest BCUT2D eigenvalue weighted by molar-refractivity contribution is -0.136. The number of nitrogens with zero attached hydrogens (tertiary/aromatic N) is 1. The van der Waals surface area contributed by atoms with E-state index in [1.807, 2.05) is 42.5 Å². The zero-order valence-electron chi connectivity index (χ0n) is 23.0. The fourth-order valence-electron chi connectivity index (χ4n) is 4.54. The van der Waals surface area contributed by atoms with E-state index in [2.05, 4.69) is 6.07 Å². The van der Waals surface area contributed by atoms with Crippen LogP contribution >= 0.6 is 0 Å². The summed E-state index contributed by atoms with van der Waals surface area (Å²) >= 11 is 0. The van der Waals surface area contributed by atoms with Gasteiger partial charge in [0.2, 0.25) is 5.88 Å². The van der Waals surface area contributed by atoms with Crippen LogP contribution in [0.25, 0.3) is 0 Å². The highest BCUT2D eigenvalue weighted by atomic mass is 16.6. The van der Waals surface area contributed by atoms with Gasteiger partial charge in [-0.25, -0.2) is 4.79 Å². The average Bonchev–Trinajstić information content (AvgIpc) is 3.02. The molecule has 0 bridgehead atoms. The summed E-state index contributed by atoms with van der Waals surface area (Å²) in [5, 5.41) is 9.95. The van der Waals surface area contributed by atoms with Gasteiger partial charge >= 0.3 is 5.97 Å². The number of fused-ring (bicyclic) bond motifs is 1. The standard InChI is InChI=1S/C33H28N2O7/c1-37-23-9-11-24(12-10-23)39-20-31(36)41-25-13-14-26-29(17-25)42-33(35)27(18-34)32(26)22-8-15-28(30(16-22)38-2)40-19-21-6-4-3-5-7-21/h3-17,32H,19-20,35H2,1-2H3. The van der Waals surface area contributed by atoms with Crippen molar-refractivity contribution in [3.8, 4) is 40.6 Å². The van der Waals surface area contributed by atoms with Crippen LogP contribution in [0.5, 0.6) is 34.5 Å². The molecule has 1 aliphatic heterocycles. The normalized spacial score (nSPS) is 13.7. The Balaban J connectivity index is 1.34. The Hall–Kier alpha value is -5.62. The number of esters is 1. The molecule has 9 heteroatoms. The molecule has 1 unspecified atom stereocenters. The molecule has 212 valence electrons.